The fourth-order valence-corrected chi connectivity index (χ4v) is 1.88. The Hall–Kier alpha value is -3.49. The Morgan fingerprint density at radius 1 is 1.17 bits per heavy atom. The van der Waals surface area contributed by atoms with Crippen LogP contribution in [-0.4, -0.2) is 36.1 Å². The first-order valence-corrected chi connectivity index (χ1v) is 6.48. The number of benzene rings is 1. The van der Waals surface area contributed by atoms with Crippen molar-refractivity contribution >= 4 is 23.1 Å². The molecule has 3 rings (SSSR count). The monoisotopic (exact) mass is 313 g/mol. The average Bonchev–Trinajstić information content (AvgIpc) is 2.53. The molecule has 0 bridgehead atoms. The fraction of sp³-hybridized carbons (Fsp3) is 0.0714. The summed E-state index contributed by atoms with van der Waals surface area (Å²) in [6, 6.07) is 6.01. The molecule has 0 amide bonds. The van der Waals surface area contributed by atoms with Crippen molar-refractivity contribution in [2.45, 2.75) is 6.61 Å². The van der Waals surface area contributed by atoms with Crippen LogP contribution in [0.3, 0.4) is 0 Å². The standard InChI is InChI=1S/C14H11N5O4/c15-14-18-11-10(12(21)19-14)17-7(5-16-11)6-23-13(22)8-3-1-2-4-9(8)20/h1-5,20H,6H2,(H3,15,16,18,19,21). The van der Waals surface area contributed by atoms with E-state index in [2.05, 4.69) is 19.9 Å². The molecule has 0 saturated carbocycles. The number of aromatic hydroxyl groups is 2. The zero-order valence-corrected chi connectivity index (χ0v) is 11.7. The number of phenols is 1. The summed E-state index contributed by atoms with van der Waals surface area (Å²) in [7, 11) is 0. The number of phenolic OH excluding ortho intramolecular Hbond substituents is 1. The quantitative estimate of drug-likeness (QED) is 0.597. The fourth-order valence-electron chi connectivity index (χ4n) is 1.88. The van der Waals surface area contributed by atoms with Gasteiger partial charge in [0.1, 0.15) is 17.9 Å². The summed E-state index contributed by atoms with van der Waals surface area (Å²) >= 11 is 0. The predicted octanol–water partition coefficient (Wildman–Crippen LogP) is 0.770. The van der Waals surface area contributed by atoms with E-state index in [1.807, 2.05) is 0 Å². The lowest BCUT2D eigenvalue weighted by Gasteiger charge is -2.06. The number of ether oxygens (including phenoxy) is 1. The van der Waals surface area contributed by atoms with Crippen LogP contribution < -0.4 is 5.73 Å². The van der Waals surface area contributed by atoms with Crippen LogP contribution >= 0.6 is 0 Å². The number of esters is 1. The molecular weight excluding hydrogens is 302 g/mol. The van der Waals surface area contributed by atoms with Gasteiger partial charge < -0.3 is 20.7 Å². The summed E-state index contributed by atoms with van der Waals surface area (Å²) in [5.41, 5.74) is 5.90. The van der Waals surface area contributed by atoms with E-state index >= 15 is 0 Å². The molecule has 116 valence electrons. The Morgan fingerprint density at radius 2 is 1.96 bits per heavy atom. The highest BCUT2D eigenvalue weighted by Crippen LogP contribution is 2.19. The second-order valence-electron chi connectivity index (χ2n) is 4.53. The number of rotatable bonds is 3. The van der Waals surface area contributed by atoms with Gasteiger partial charge in [-0.1, -0.05) is 12.1 Å². The number of hydrogen-bond acceptors (Lipinski definition) is 9. The lowest BCUT2D eigenvalue weighted by molar-refractivity contribution is 0.0464. The van der Waals surface area contributed by atoms with Gasteiger partial charge in [0.15, 0.2) is 11.2 Å². The number of para-hydroxylation sites is 1. The maximum Gasteiger partial charge on any atom is 0.342 e. The molecule has 0 unspecified atom stereocenters. The highest BCUT2D eigenvalue weighted by atomic mass is 16.5. The normalized spacial score (nSPS) is 10.6. The molecule has 0 aliphatic carbocycles. The predicted molar refractivity (Wildman–Crippen MR) is 78.4 cm³/mol. The van der Waals surface area contributed by atoms with Crippen LogP contribution in [0.15, 0.2) is 30.5 Å². The molecule has 0 saturated heterocycles. The largest absolute Gasteiger partial charge is 0.507 e. The van der Waals surface area contributed by atoms with Crippen molar-refractivity contribution in [3.8, 4) is 11.6 Å². The van der Waals surface area contributed by atoms with Gasteiger partial charge in [0.05, 0.1) is 11.9 Å². The molecular formula is C14H11N5O4. The van der Waals surface area contributed by atoms with Gasteiger partial charge in [0.25, 0.3) is 0 Å². The Morgan fingerprint density at radius 3 is 2.74 bits per heavy atom. The highest BCUT2D eigenvalue weighted by molar-refractivity contribution is 5.92. The van der Waals surface area contributed by atoms with E-state index in [9.17, 15) is 15.0 Å². The SMILES string of the molecule is Nc1nc(O)c2nc(COC(=O)c3ccccc3O)cnc2n1. The molecule has 9 heteroatoms. The lowest BCUT2D eigenvalue weighted by Crippen LogP contribution is -2.07. The molecule has 4 N–H and O–H groups in total. The van der Waals surface area contributed by atoms with E-state index in [0.717, 1.165) is 0 Å². The van der Waals surface area contributed by atoms with Crippen LogP contribution in [0.1, 0.15) is 16.1 Å². The smallest absolute Gasteiger partial charge is 0.342 e. The second kappa shape index (κ2) is 5.72. The van der Waals surface area contributed by atoms with Crippen molar-refractivity contribution in [2.75, 3.05) is 5.73 Å². The summed E-state index contributed by atoms with van der Waals surface area (Å²) in [6.07, 6.45) is 1.34. The van der Waals surface area contributed by atoms with Gasteiger partial charge in [0.2, 0.25) is 11.8 Å². The third kappa shape index (κ3) is 2.93. The molecule has 2 aromatic heterocycles. The molecule has 3 aromatic rings. The van der Waals surface area contributed by atoms with Gasteiger partial charge in [-0.25, -0.2) is 14.8 Å². The van der Waals surface area contributed by atoms with Gasteiger partial charge in [-0.3, -0.25) is 0 Å². The van der Waals surface area contributed by atoms with Crippen LogP contribution in [0.5, 0.6) is 11.6 Å². The molecule has 0 aliphatic heterocycles. The van der Waals surface area contributed by atoms with Gasteiger partial charge in [-0.15, -0.1) is 0 Å². The van der Waals surface area contributed by atoms with Crippen LogP contribution in [0.25, 0.3) is 11.2 Å². The number of aromatic nitrogens is 4. The molecule has 0 spiro atoms. The number of carbonyl (C=O) groups excluding carboxylic acids is 1. The van der Waals surface area contributed by atoms with Gasteiger partial charge >= 0.3 is 5.97 Å². The minimum absolute atomic E-state index is 0.0419. The summed E-state index contributed by atoms with van der Waals surface area (Å²) in [4.78, 5) is 27.3. The van der Waals surface area contributed by atoms with E-state index in [4.69, 9.17) is 10.5 Å². The summed E-state index contributed by atoms with van der Waals surface area (Å²) in [5.74, 6) is -1.41. The molecule has 2 heterocycles. The van der Waals surface area contributed by atoms with E-state index in [0.29, 0.717) is 0 Å². The van der Waals surface area contributed by atoms with E-state index in [1.54, 1.807) is 12.1 Å². The zero-order chi connectivity index (χ0) is 16.4. The first-order valence-electron chi connectivity index (χ1n) is 6.48. The van der Waals surface area contributed by atoms with Crippen molar-refractivity contribution in [1.29, 1.82) is 0 Å². The number of hydrogen-bond donors (Lipinski definition) is 3. The second-order valence-corrected chi connectivity index (χ2v) is 4.53. The van der Waals surface area contributed by atoms with Crippen LogP contribution in [0.4, 0.5) is 5.95 Å². The number of nitrogen functional groups attached to an aromatic ring is 1. The Balaban J connectivity index is 1.80. The molecule has 0 radical (unpaired) electrons. The van der Waals surface area contributed by atoms with Crippen molar-refractivity contribution in [2.24, 2.45) is 0 Å². The summed E-state index contributed by atoms with van der Waals surface area (Å²) < 4.78 is 5.06. The lowest BCUT2D eigenvalue weighted by atomic mass is 10.2. The molecule has 23 heavy (non-hydrogen) atoms. The van der Waals surface area contributed by atoms with Crippen LogP contribution in [0.2, 0.25) is 0 Å². The number of carbonyl (C=O) groups is 1. The summed E-state index contributed by atoms with van der Waals surface area (Å²) in [5, 5.41) is 19.3. The first-order chi connectivity index (χ1) is 11.0. The van der Waals surface area contributed by atoms with Gasteiger partial charge in [-0.05, 0) is 12.1 Å². The molecule has 0 fully saturated rings. The zero-order valence-electron chi connectivity index (χ0n) is 11.7. The molecule has 0 atom stereocenters. The minimum Gasteiger partial charge on any atom is -0.507 e. The third-order valence-electron chi connectivity index (χ3n) is 2.93. The van der Waals surface area contributed by atoms with Crippen molar-refractivity contribution in [1.82, 2.24) is 19.9 Å². The van der Waals surface area contributed by atoms with Crippen LogP contribution in [-0.2, 0) is 11.3 Å². The number of fused-ring (bicyclic) bond motifs is 1. The highest BCUT2D eigenvalue weighted by Gasteiger charge is 2.14. The Bertz CT molecular complexity index is 899. The van der Waals surface area contributed by atoms with Crippen molar-refractivity contribution in [3.63, 3.8) is 0 Å². The minimum atomic E-state index is -0.706. The van der Waals surface area contributed by atoms with E-state index in [1.165, 1.54) is 18.3 Å². The Labute approximate surface area is 129 Å². The number of nitrogens with zero attached hydrogens (tertiary/aromatic N) is 4. The third-order valence-corrected chi connectivity index (χ3v) is 2.93. The van der Waals surface area contributed by atoms with Crippen LogP contribution in [0, 0.1) is 0 Å². The average molecular weight is 313 g/mol. The maximum absolute atomic E-state index is 11.9. The van der Waals surface area contributed by atoms with Crippen molar-refractivity contribution < 1.29 is 19.7 Å². The number of nitrogens with two attached hydrogens (primary N) is 1. The molecule has 0 aliphatic rings. The molecule has 9 nitrogen and oxygen atoms in total. The summed E-state index contributed by atoms with van der Waals surface area (Å²) in [6.45, 7) is -0.195. The van der Waals surface area contributed by atoms with Gasteiger partial charge in [0, 0.05) is 0 Å². The van der Waals surface area contributed by atoms with E-state index in [-0.39, 0.29) is 40.7 Å². The maximum atomic E-state index is 11.9. The Kier molecular flexibility index (Phi) is 3.59. The van der Waals surface area contributed by atoms with Gasteiger partial charge in [-0.2, -0.15) is 9.97 Å². The number of anilines is 1. The molecule has 1 aromatic carbocycles. The van der Waals surface area contributed by atoms with Crippen molar-refractivity contribution in [3.05, 3.63) is 41.7 Å². The van der Waals surface area contributed by atoms with E-state index < -0.39 is 11.8 Å². The first kappa shape index (κ1) is 14.4. The topological polar surface area (TPSA) is 144 Å².